The van der Waals surface area contributed by atoms with Crippen molar-refractivity contribution in [3.8, 4) is 6.07 Å². The SMILES string of the molecule is COC(=O)c1cnc(Nc2cnc(C#N)cn2)cc1NC1CCCNCC1. The van der Waals surface area contributed by atoms with Crippen LogP contribution in [0, 0.1) is 11.3 Å². The molecule has 3 heterocycles. The van der Waals surface area contributed by atoms with Gasteiger partial charge in [-0.2, -0.15) is 5.26 Å². The second kappa shape index (κ2) is 8.91. The second-order valence-corrected chi connectivity index (χ2v) is 6.15. The zero-order valence-electron chi connectivity index (χ0n) is 15.0. The van der Waals surface area contributed by atoms with Crippen molar-refractivity contribution in [3.05, 3.63) is 35.9 Å². The highest BCUT2D eigenvalue weighted by atomic mass is 16.5. The summed E-state index contributed by atoms with van der Waals surface area (Å²) in [4.78, 5) is 24.4. The molecule has 0 saturated carbocycles. The molecule has 0 radical (unpaired) electrons. The topological polar surface area (TPSA) is 125 Å². The number of carbonyl (C=O) groups excluding carboxylic acids is 1. The summed E-state index contributed by atoms with van der Waals surface area (Å²) < 4.78 is 4.87. The minimum Gasteiger partial charge on any atom is -0.465 e. The Labute approximate surface area is 157 Å². The van der Waals surface area contributed by atoms with E-state index in [1.54, 1.807) is 6.07 Å². The number of aromatic nitrogens is 3. The zero-order chi connectivity index (χ0) is 19.1. The summed E-state index contributed by atoms with van der Waals surface area (Å²) in [5.41, 5.74) is 1.28. The highest BCUT2D eigenvalue weighted by Crippen LogP contribution is 2.24. The van der Waals surface area contributed by atoms with Gasteiger partial charge in [-0.15, -0.1) is 0 Å². The monoisotopic (exact) mass is 367 g/mol. The lowest BCUT2D eigenvalue weighted by Crippen LogP contribution is -2.23. The maximum absolute atomic E-state index is 12.1. The number of nitrogens with one attached hydrogen (secondary N) is 3. The number of ether oxygens (including phenoxy) is 1. The highest BCUT2D eigenvalue weighted by Gasteiger charge is 2.18. The van der Waals surface area contributed by atoms with E-state index >= 15 is 0 Å². The zero-order valence-corrected chi connectivity index (χ0v) is 15.0. The van der Waals surface area contributed by atoms with Crippen molar-refractivity contribution in [1.82, 2.24) is 20.3 Å². The Hall–Kier alpha value is -3.25. The predicted octanol–water partition coefficient (Wildman–Crippen LogP) is 1.83. The van der Waals surface area contributed by atoms with Gasteiger partial charge in [0.1, 0.15) is 23.3 Å². The van der Waals surface area contributed by atoms with Crippen molar-refractivity contribution in [1.29, 1.82) is 5.26 Å². The number of methoxy groups -OCH3 is 1. The van der Waals surface area contributed by atoms with Gasteiger partial charge in [0, 0.05) is 18.3 Å². The van der Waals surface area contributed by atoms with Gasteiger partial charge in [0.2, 0.25) is 0 Å². The first-order valence-electron chi connectivity index (χ1n) is 8.74. The van der Waals surface area contributed by atoms with Crippen LogP contribution in [0.5, 0.6) is 0 Å². The molecular weight excluding hydrogens is 346 g/mol. The smallest absolute Gasteiger partial charge is 0.341 e. The fourth-order valence-corrected chi connectivity index (χ4v) is 2.88. The van der Waals surface area contributed by atoms with Gasteiger partial charge in [0.15, 0.2) is 5.69 Å². The third-order valence-corrected chi connectivity index (χ3v) is 4.27. The van der Waals surface area contributed by atoms with E-state index < -0.39 is 5.97 Å². The normalized spacial score (nSPS) is 16.7. The maximum Gasteiger partial charge on any atom is 0.341 e. The van der Waals surface area contributed by atoms with Crippen molar-refractivity contribution in [2.45, 2.75) is 25.3 Å². The number of carbonyl (C=O) groups is 1. The molecule has 1 aliphatic heterocycles. The first-order chi connectivity index (χ1) is 13.2. The summed E-state index contributed by atoms with van der Waals surface area (Å²) in [5.74, 6) is 0.523. The Bertz CT molecular complexity index is 825. The summed E-state index contributed by atoms with van der Waals surface area (Å²) in [7, 11) is 1.35. The largest absolute Gasteiger partial charge is 0.465 e. The van der Waals surface area contributed by atoms with E-state index in [1.807, 2.05) is 6.07 Å². The molecule has 2 aromatic heterocycles. The van der Waals surface area contributed by atoms with Gasteiger partial charge in [-0.1, -0.05) is 0 Å². The molecule has 0 spiro atoms. The summed E-state index contributed by atoms with van der Waals surface area (Å²) in [5, 5.41) is 18.6. The minimum atomic E-state index is -0.443. The molecule has 140 valence electrons. The molecule has 0 bridgehead atoms. The maximum atomic E-state index is 12.1. The van der Waals surface area contributed by atoms with E-state index in [0.29, 0.717) is 22.9 Å². The van der Waals surface area contributed by atoms with Gasteiger partial charge in [-0.25, -0.2) is 19.7 Å². The lowest BCUT2D eigenvalue weighted by molar-refractivity contribution is 0.0601. The van der Waals surface area contributed by atoms with E-state index in [2.05, 4.69) is 30.9 Å². The first kappa shape index (κ1) is 18.5. The molecule has 9 nitrogen and oxygen atoms in total. The molecule has 0 amide bonds. The average Bonchev–Trinajstić information content (AvgIpc) is 2.97. The third kappa shape index (κ3) is 4.89. The lowest BCUT2D eigenvalue weighted by atomic mass is 10.1. The van der Waals surface area contributed by atoms with Gasteiger partial charge in [0.05, 0.1) is 25.2 Å². The van der Waals surface area contributed by atoms with Crippen molar-refractivity contribution < 1.29 is 9.53 Å². The Morgan fingerprint density at radius 3 is 2.81 bits per heavy atom. The number of nitrogens with zero attached hydrogens (tertiary/aromatic N) is 4. The van der Waals surface area contributed by atoms with Crippen LogP contribution in [-0.4, -0.2) is 47.2 Å². The van der Waals surface area contributed by atoms with Gasteiger partial charge in [-0.3, -0.25) is 0 Å². The Kier molecular flexibility index (Phi) is 6.12. The first-order valence-corrected chi connectivity index (χ1v) is 8.74. The molecule has 1 aliphatic rings. The van der Waals surface area contributed by atoms with Gasteiger partial charge >= 0.3 is 5.97 Å². The van der Waals surface area contributed by atoms with Crippen LogP contribution in [0.25, 0.3) is 0 Å². The Morgan fingerprint density at radius 2 is 2.07 bits per heavy atom. The number of anilines is 3. The van der Waals surface area contributed by atoms with Crippen LogP contribution in [-0.2, 0) is 4.74 Å². The third-order valence-electron chi connectivity index (χ3n) is 4.27. The standard InChI is InChI=1S/C18H21N7O2/c1-27-18(26)14-10-23-16(25-17-11-21-13(8-19)9-22-17)7-15(14)24-12-3-2-5-20-6-4-12/h7,9-12,20H,2-6H2,1H3,(H2,22,23,24,25). The number of rotatable bonds is 5. The molecule has 1 atom stereocenters. The minimum absolute atomic E-state index is 0.235. The van der Waals surface area contributed by atoms with E-state index in [0.717, 1.165) is 32.4 Å². The van der Waals surface area contributed by atoms with Crippen LogP contribution in [0.4, 0.5) is 17.3 Å². The number of hydrogen-bond donors (Lipinski definition) is 3. The molecular formula is C18H21N7O2. The predicted molar refractivity (Wildman–Crippen MR) is 99.7 cm³/mol. The molecule has 1 saturated heterocycles. The van der Waals surface area contributed by atoms with E-state index in [9.17, 15) is 4.79 Å². The highest BCUT2D eigenvalue weighted by molar-refractivity contribution is 5.95. The number of hydrogen-bond acceptors (Lipinski definition) is 9. The second-order valence-electron chi connectivity index (χ2n) is 6.15. The average molecular weight is 367 g/mol. The molecule has 9 heteroatoms. The van der Waals surface area contributed by atoms with Gasteiger partial charge in [0.25, 0.3) is 0 Å². The van der Waals surface area contributed by atoms with Crippen LogP contribution in [0.1, 0.15) is 35.3 Å². The molecule has 3 N–H and O–H groups in total. The van der Waals surface area contributed by atoms with Crippen molar-refractivity contribution in [2.24, 2.45) is 0 Å². The van der Waals surface area contributed by atoms with Crippen LogP contribution in [0.2, 0.25) is 0 Å². The van der Waals surface area contributed by atoms with Crippen LogP contribution in [0.15, 0.2) is 24.7 Å². The lowest BCUT2D eigenvalue weighted by Gasteiger charge is -2.20. The van der Waals surface area contributed by atoms with Gasteiger partial charge in [-0.05, 0) is 32.4 Å². The summed E-state index contributed by atoms with van der Waals surface area (Å²) in [6.07, 6.45) is 7.36. The Balaban J connectivity index is 1.82. The van der Waals surface area contributed by atoms with Crippen molar-refractivity contribution in [3.63, 3.8) is 0 Å². The fraction of sp³-hybridized carbons (Fsp3) is 0.389. The van der Waals surface area contributed by atoms with E-state index in [1.165, 1.54) is 25.7 Å². The van der Waals surface area contributed by atoms with Crippen LogP contribution in [0.3, 0.4) is 0 Å². The fourth-order valence-electron chi connectivity index (χ4n) is 2.88. The molecule has 0 aromatic carbocycles. The number of pyridine rings is 1. The number of esters is 1. The molecule has 3 rings (SSSR count). The van der Waals surface area contributed by atoms with E-state index in [4.69, 9.17) is 10.00 Å². The Morgan fingerprint density at radius 1 is 1.22 bits per heavy atom. The summed E-state index contributed by atoms with van der Waals surface area (Å²) >= 11 is 0. The molecule has 0 aliphatic carbocycles. The molecule has 2 aromatic rings. The quantitative estimate of drug-likeness (QED) is 0.679. The van der Waals surface area contributed by atoms with E-state index in [-0.39, 0.29) is 11.7 Å². The summed E-state index contributed by atoms with van der Waals surface area (Å²) in [6, 6.07) is 3.93. The molecule has 1 fully saturated rings. The number of nitriles is 1. The van der Waals surface area contributed by atoms with Crippen LogP contribution >= 0.6 is 0 Å². The summed E-state index contributed by atoms with van der Waals surface area (Å²) in [6.45, 7) is 1.94. The van der Waals surface area contributed by atoms with Crippen molar-refractivity contribution in [2.75, 3.05) is 30.8 Å². The van der Waals surface area contributed by atoms with Gasteiger partial charge < -0.3 is 20.7 Å². The van der Waals surface area contributed by atoms with Crippen LogP contribution < -0.4 is 16.0 Å². The molecule has 27 heavy (non-hydrogen) atoms. The van der Waals surface area contributed by atoms with Crippen molar-refractivity contribution >= 4 is 23.3 Å². The molecule has 1 unspecified atom stereocenters.